The molecule has 0 spiro atoms. The molecule has 3 N–H and O–H groups in total. The van der Waals surface area contributed by atoms with Crippen LogP contribution in [0.4, 0.5) is 0 Å². The van der Waals surface area contributed by atoms with E-state index in [1.165, 1.54) is 0 Å². The Hall–Kier alpha value is 0.400. The van der Waals surface area contributed by atoms with E-state index in [-0.39, 0.29) is 30.7 Å². The lowest BCUT2D eigenvalue weighted by atomic mass is 9.82. The zero-order valence-electron chi connectivity index (χ0n) is 8.00. The summed E-state index contributed by atoms with van der Waals surface area (Å²) >= 11 is 12.2. The maximum Gasteiger partial charge on any atom is 0.0476 e. The van der Waals surface area contributed by atoms with Gasteiger partial charge in [0.25, 0.3) is 0 Å². The van der Waals surface area contributed by atoms with Crippen LogP contribution in [0.2, 0.25) is 0 Å². The molecule has 2 aliphatic rings. The monoisotopic (exact) mass is 290 g/mol. The summed E-state index contributed by atoms with van der Waals surface area (Å²) in [7, 11) is 0. The first kappa shape index (κ1) is 15.4. The smallest absolute Gasteiger partial charge is 0.0476 e. The second-order valence-electron chi connectivity index (χ2n) is 3.54. The largest absolute Gasteiger partial charge is 0.398 e. The second-order valence-corrected chi connectivity index (χ2v) is 4.38. The summed E-state index contributed by atoms with van der Waals surface area (Å²) in [5, 5.41) is 4.92. The van der Waals surface area contributed by atoms with Gasteiger partial charge in [0.2, 0.25) is 0 Å². The molecule has 6 heteroatoms. The molecule has 1 saturated heterocycles. The number of hydrogen-bond acceptors (Lipinski definition) is 2. The highest BCUT2D eigenvalue weighted by molar-refractivity contribution is 6.33. The van der Waals surface area contributed by atoms with Gasteiger partial charge in [0, 0.05) is 34.1 Å². The molecule has 1 fully saturated rings. The Morgan fingerprint density at radius 2 is 1.93 bits per heavy atom. The van der Waals surface area contributed by atoms with Crippen molar-refractivity contribution in [3.05, 3.63) is 21.8 Å². The molecule has 0 saturated carbocycles. The fourth-order valence-corrected chi connectivity index (χ4v) is 2.66. The van der Waals surface area contributed by atoms with E-state index in [2.05, 4.69) is 5.32 Å². The molecular weight excluding hydrogens is 278 g/mol. The van der Waals surface area contributed by atoms with Crippen LogP contribution < -0.4 is 11.1 Å². The molecular formula is C9H14Cl4N2. The Bertz CT molecular complexity index is 288. The highest BCUT2D eigenvalue weighted by atomic mass is 35.5. The molecule has 0 bridgehead atoms. The Balaban J connectivity index is 0.000000980. The molecule has 1 heterocycles. The summed E-state index contributed by atoms with van der Waals surface area (Å²) in [4.78, 5) is 0. The van der Waals surface area contributed by atoms with E-state index in [0.717, 1.165) is 29.6 Å². The minimum absolute atomic E-state index is 0. The number of rotatable bonds is 0. The summed E-state index contributed by atoms with van der Waals surface area (Å²) < 4.78 is 0. The van der Waals surface area contributed by atoms with Crippen LogP contribution in [-0.4, -0.2) is 13.1 Å². The molecule has 0 aromatic heterocycles. The molecule has 15 heavy (non-hydrogen) atoms. The van der Waals surface area contributed by atoms with Crippen molar-refractivity contribution in [3.63, 3.8) is 0 Å². The summed E-state index contributed by atoms with van der Waals surface area (Å²) in [5.41, 5.74) is 6.36. The van der Waals surface area contributed by atoms with Crippen LogP contribution in [0, 0.1) is 11.8 Å². The second kappa shape index (κ2) is 6.21. The van der Waals surface area contributed by atoms with E-state index in [9.17, 15) is 0 Å². The van der Waals surface area contributed by atoms with E-state index in [4.69, 9.17) is 28.9 Å². The lowest BCUT2D eigenvalue weighted by Crippen LogP contribution is -2.39. The lowest BCUT2D eigenvalue weighted by molar-refractivity contribution is 0.341. The standard InChI is InChI=1S/C9H12Cl2N2.2ClH/c10-7-3-8(12)9(11)6-4-13-2-1-5(6)7;;/h3,5-6,13H,1-2,4,12H2;2*1H. The molecule has 2 atom stereocenters. The summed E-state index contributed by atoms with van der Waals surface area (Å²) in [6.45, 7) is 1.89. The lowest BCUT2D eigenvalue weighted by Gasteiger charge is -2.34. The van der Waals surface area contributed by atoms with Crippen LogP contribution in [0.3, 0.4) is 0 Å². The number of halogens is 4. The van der Waals surface area contributed by atoms with Gasteiger partial charge in [0.1, 0.15) is 0 Å². The number of piperidine rings is 1. The SMILES string of the molecule is Cl.Cl.NC1=C(Cl)C2CNCCC2C(Cl)=C1. The maximum absolute atomic E-state index is 6.12. The zero-order valence-corrected chi connectivity index (χ0v) is 11.1. The molecule has 0 aromatic rings. The van der Waals surface area contributed by atoms with Crippen molar-refractivity contribution < 1.29 is 0 Å². The van der Waals surface area contributed by atoms with Crippen molar-refractivity contribution in [2.45, 2.75) is 6.42 Å². The third-order valence-electron chi connectivity index (χ3n) is 2.73. The van der Waals surface area contributed by atoms with Crippen LogP contribution in [0.25, 0.3) is 0 Å². The number of allylic oxidation sites excluding steroid dienone is 2. The van der Waals surface area contributed by atoms with Crippen molar-refractivity contribution in [2.75, 3.05) is 13.1 Å². The molecule has 0 radical (unpaired) electrons. The van der Waals surface area contributed by atoms with E-state index >= 15 is 0 Å². The Morgan fingerprint density at radius 1 is 1.27 bits per heavy atom. The quantitative estimate of drug-likeness (QED) is 0.720. The van der Waals surface area contributed by atoms with E-state index < -0.39 is 0 Å². The van der Waals surface area contributed by atoms with Gasteiger partial charge in [-0.2, -0.15) is 0 Å². The number of fused-ring (bicyclic) bond motifs is 1. The summed E-state index contributed by atoms with van der Waals surface area (Å²) in [6.07, 6.45) is 2.83. The molecule has 1 aliphatic carbocycles. The normalized spacial score (nSPS) is 29.6. The minimum Gasteiger partial charge on any atom is -0.398 e. The maximum atomic E-state index is 6.12. The summed E-state index contributed by atoms with van der Waals surface area (Å²) in [6, 6.07) is 0. The highest BCUT2D eigenvalue weighted by Gasteiger charge is 2.33. The first-order chi connectivity index (χ1) is 6.20. The summed E-state index contributed by atoms with van der Waals surface area (Å²) in [5.74, 6) is 0.663. The topological polar surface area (TPSA) is 38.0 Å². The van der Waals surface area contributed by atoms with Gasteiger partial charge in [-0.05, 0) is 19.0 Å². The van der Waals surface area contributed by atoms with Crippen LogP contribution in [0.5, 0.6) is 0 Å². The van der Waals surface area contributed by atoms with Gasteiger partial charge in [-0.3, -0.25) is 0 Å². The average Bonchev–Trinajstić information content (AvgIpc) is 2.15. The van der Waals surface area contributed by atoms with E-state index in [1.54, 1.807) is 6.08 Å². The molecule has 2 nitrogen and oxygen atoms in total. The van der Waals surface area contributed by atoms with E-state index in [1.807, 2.05) is 0 Å². The Morgan fingerprint density at radius 3 is 2.60 bits per heavy atom. The molecule has 2 unspecified atom stereocenters. The first-order valence-corrected chi connectivity index (χ1v) is 5.18. The molecule has 2 rings (SSSR count). The van der Waals surface area contributed by atoms with Crippen LogP contribution >= 0.6 is 48.0 Å². The van der Waals surface area contributed by atoms with Crippen molar-refractivity contribution in [3.8, 4) is 0 Å². The van der Waals surface area contributed by atoms with Gasteiger partial charge in [-0.25, -0.2) is 0 Å². The number of nitrogens with one attached hydrogen (secondary N) is 1. The third kappa shape index (κ3) is 2.95. The zero-order chi connectivity index (χ0) is 9.42. The van der Waals surface area contributed by atoms with Crippen LogP contribution in [-0.2, 0) is 0 Å². The van der Waals surface area contributed by atoms with Gasteiger partial charge in [-0.1, -0.05) is 23.2 Å². The van der Waals surface area contributed by atoms with Crippen molar-refractivity contribution in [2.24, 2.45) is 17.6 Å². The Labute approximate surface area is 112 Å². The molecule has 0 aromatic carbocycles. The Kier molecular flexibility index (Phi) is 6.38. The molecule has 0 amide bonds. The van der Waals surface area contributed by atoms with Crippen molar-refractivity contribution in [1.82, 2.24) is 5.32 Å². The average molecular weight is 292 g/mol. The predicted octanol–water partition coefficient (Wildman–Crippen LogP) is 2.60. The van der Waals surface area contributed by atoms with Crippen molar-refractivity contribution >= 4 is 48.0 Å². The highest BCUT2D eigenvalue weighted by Crippen LogP contribution is 2.40. The fourth-order valence-electron chi connectivity index (χ4n) is 1.99. The predicted molar refractivity (Wildman–Crippen MR) is 70.0 cm³/mol. The van der Waals surface area contributed by atoms with Crippen LogP contribution in [0.15, 0.2) is 21.8 Å². The first-order valence-electron chi connectivity index (χ1n) is 4.43. The van der Waals surface area contributed by atoms with Crippen LogP contribution in [0.1, 0.15) is 6.42 Å². The number of hydrogen-bond donors (Lipinski definition) is 2. The minimum atomic E-state index is 0. The van der Waals surface area contributed by atoms with Crippen molar-refractivity contribution in [1.29, 1.82) is 0 Å². The van der Waals surface area contributed by atoms with Gasteiger partial charge < -0.3 is 11.1 Å². The molecule has 88 valence electrons. The van der Waals surface area contributed by atoms with Gasteiger partial charge in [0.05, 0.1) is 0 Å². The van der Waals surface area contributed by atoms with Gasteiger partial charge in [0.15, 0.2) is 0 Å². The van der Waals surface area contributed by atoms with Gasteiger partial charge in [-0.15, -0.1) is 24.8 Å². The van der Waals surface area contributed by atoms with Gasteiger partial charge >= 0.3 is 0 Å². The number of nitrogens with two attached hydrogens (primary N) is 1. The van der Waals surface area contributed by atoms with E-state index in [0.29, 0.717) is 11.6 Å². The third-order valence-corrected chi connectivity index (χ3v) is 3.62. The fraction of sp³-hybridized carbons (Fsp3) is 0.556. The molecule has 1 aliphatic heterocycles.